The Bertz CT molecular complexity index is 317. The van der Waals surface area contributed by atoms with E-state index in [-0.39, 0.29) is 0 Å². The molecule has 0 aliphatic rings. The molecule has 0 fully saturated rings. The molecule has 0 saturated carbocycles. The van der Waals surface area contributed by atoms with E-state index in [2.05, 4.69) is 44.3 Å². The number of aryl methyl sites for hydroxylation is 2. The van der Waals surface area contributed by atoms with Gasteiger partial charge in [0.2, 0.25) is 0 Å². The van der Waals surface area contributed by atoms with Gasteiger partial charge in [-0.2, -0.15) is 5.10 Å². The van der Waals surface area contributed by atoms with Crippen LogP contribution in [0.5, 0.6) is 0 Å². The second-order valence-electron chi connectivity index (χ2n) is 4.71. The van der Waals surface area contributed by atoms with E-state index in [1.807, 2.05) is 4.68 Å². The second-order valence-corrected chi connectivity index (χ2v) is 4.71. The number of rotatable bonds is 8. The van der Waals surface area contributed by atoms with Crippen LogP contribution in [-0.4, -0.2) is 22.4 Å². The molecule has 0 bridgehead atoms. The van der Waals surface area contributed by atoms with Gasteiger partial charge in [0.15, 0.2) is 0 Å². The Morgan fingerprint density at radius 2 is 2.12 bits per heavy atom. The van der Waals surface area contributed by atoms with Crippen molar-refractivity contribution in [1.82, 2.24) is 15.1 Å². The minimum Gasteiger partial charge on any atom is -0.314 e. The van der Waals surface area contributed by atoms with Crippen LogP contribution in [0.1, 0.15) is 51.4 Å². The summed E-state index contributed by atoms with van der Waals surface area (Å²) >= 11 is 0. The molecule has 1 aromatic rings. The molecule has 3 nitrogen and oxygen atoms in total. The third-order valence-corrected chi connectivity index (χ3v) is 3.24. The molecule has 1 unspecified atom stereocenters. The Labute approximate surface area is 106 Å². The minimum absolute atomic E-state index is 0.597. The van der Waals surface area contributed by atoms with Gasteiger partial charge in [-0.05, 0) is 25.5 Å². The van der Waals surface area contributed by atoms with Gasteiger partial charge in [-0.3, -0.25) is 4.68 Å². The zero-order valence-corrected chi connectivity index (χ0v) is 11.8. The van der Waals surface area contributed by atoms with E-state index in [9.17, 15) is 0 Å². The summed E-state index contributed by atoms with van der Waals surface area (Å²) in [5.41, 5.74) is 2.55. The van der Waals surface area contributed by atoms with Gasteiger partial charge in [0.25, 0.3) is 0 Å². The first-order chi connectivity index (χ1) is 8.21. The van der Waals surface area contributed by atoms with Crippen molar-refractivity contribution in [2.75, 3.05) is 6.54 Å². The van der Waals surface area contributed by atoms with E-state index in [4.69, 9.17) is 0 Å². The lowest BCUT2D eigenvalue weighted by atomic mass is 10.0. The molecule has 98 valence electrons. The van der Waals surface area contributed by atoms with Gasteiger partial charge in [-0.25, -0.2) is 0 Å². The number of nitrogens with one attached hydrogen (secondary N) is 1. The van der Waals surface area contributed by atoms with Crippen molar-refractivity contribution >= 4 is 0 Å². The predicted molar refractivity (Wildman–Crippen MR) is 73.3 cm³/mol. The van der Waals surface area contributed by atoms with Gasteiger partial charge in [-0.15, -0.1) is 0 Å². The summed E-state index contributed by atoms with van der Waals surface area (Å²) in [6.45, 7) is 7.64. The van der Waals surface area contributed by atoms with Gasteiger partial charge in [0, 0.05) is 25.2 Å². The standard InChI is InChI=1S/C14H27N3/c1-5-8-9-13(15-7-3)11-14-10-12(6-2)16-17(14)4/h10,13,15H,5-9,11H2,1-4H3. The third-order valence-electron chi connectivity index (χ3n) is 3.24. The first-order valence-corrected chi connectivity index (χ1v) is 6.96. The summed E-state index contributed by atoms with van der Waals surface area (Å²) in [5.74, 6) is 0. The molecule has 1 N–H and O–H groups in total. The third kappa shape index (κ3) is 4.50. The minimum atomic E-state index is 0.597. The Morgan fingerprint density at radius 3 is 2.65 bits per heavy atom. The molecule has 0 saturated heterocycles. The Morgan fingerprint density at radius 1 is 1.35 bits per heavy atom. The van der Waals surface area contributed by atoms with E-state index >= 15 is 0 Å². The number of aromatic nitrogens is 2. The lowest BCUT2D eigenvalue weighted by Crippen LogP contribution is -2.31. The quantitative estimate of drug-likeness (QED) is 0.753. The molecule has 0 radical (unpaired) electrons. The van der Waals surface area contributed by atoms with E-state index in [0.29, 0.717) is 6.04 Å². The topological polar surface area (TPSA) is 29.9 Å². The Kier molecular flexibility index (Phi) is 6.27. The number of likely N-dealkylation sites (N-methyl/N-ethyl adjacent to an activating group) is 1. The molecule has 1 aromatic heterocycles. The molecule has 0 aliphatic heterocycles. The maximum atomic E-state index is 4.51. The summed E-state index contributed by atoms with van der Waals surface area (Å²) in [6.07, 6.45) is 5.95. The molecule has 1 atom stereocenters. The fraction of sp³-hybridized carbons (Fsp3) is 0.786. The highest BCUT2D eigenvalue weighted by Crippen LogP contribution is 2.10. The van der Waals surface area contributed by atoms with Gasteiger partial charge in [-0.1, -0.05) is 33.6 Å². The lowest BCUT2D eigenvalue weighted by molar-refractivity contribution is 0.462. The zero-order chi connectivity index (χ0) is 12.7. The van der Waals surface area contributed by atoms with Crippen molar-refractivity contribution in [2.45, 2.75) is 58.9 Å². The van der Waals surface area contributed by atoms with Gasteiger partial charge in [0.05, 0.1) is 5.69 Å². The summed E-state index contributed by atoms with van der Waals surface area (Å²) in [5, 5.41) is 8.09. The number of unbranched alkanes of at least 4 members (excludes halogenated alkanes) is 1. The van der Waals surface area contributed by atoms with Gasteiger partial charge < -0.3 is 5.32 Å². The first kappa shape index (κ1) is 14.2. The van der Waals surface area contributed by atoms with Crippen LogP contribution in [0.25, 0.3) is 0 Å². The molecule has 0 amide bonds. The molecule has 0 spiro atoms. The second kappa shape index (κ2) is 7.49. The summed E-state index contributed by atoms with van der Waals surface area (Å²) in [4.78, 5) is 0. The van der Waals surface area contributed by atoms with Gasteiger partial charge >= 0.3 is 0 Å². The van der Waals surface area contributed by atoms with Crippen molar-refractivity contribution in [2.24, 2.45) is 7.05 Å². The number of hydrogen-bond acceptors (Lipinski definition) is 2. The van der Waals surface area contributed by atoms with Crippen LogP contribution < -0.4 is 5.32 Å². The average Bonchev–Trinajstić information content (AvgIpc) is 2.67. The van der Waals surface area contributed by atoms with Crippen molar-refractivity contribution < 1.29 is 0 Å². The molecule has 3 heteroatoms. The molecule has 0 aromatic carbocycles. The van der Waals surface area contributed by atoms with Crippen molar-refractivity contribution in [1.29, 1.82) is 0 Å². The van der Waals surface area contributed by atoms with E-state index in [1.165, 1.54) is 30.7 Å². The predicted octanol–water partition coefficient (Wildman–Crippen LogP) is 2.69. The molecule has 1 heterocycles. The van der Waals surface area contributed by atoms with Crippen LogP contribution in [0.4, 0.5) is 0 Å². The Hall–Kier alpha value is -0.830. The van der Waals surface area contributed by atoms with Crippen LogP contribution in [-0.2, 0) is 19.9 Å². The highest BCUT2D eigenvalue weighted by Gasteiger charge is 2.11. The fourth-order valence-corrected chi connectivity index (χ4v) is 2.20. The number of hydrogen-bond donors (Lipinski definition) is 1. The number of nitrogens with zero attached hydrogens (tertiary/aromatic N) is 2. The van der Waals surface area contributed by atoms with E-state index < -0.39 is 0 Å². The van der Waals surface area contributed by atoms with Crippen LogP contribution in [0.3, 0.4) is 0 Å². The molecule has 0 aliphatic carbocycles. The Balaban J connectivity index is 2.60. The maximum absolute atomic E-state index is 4.51. The SMILES string of the molecule is CCCCC(Cc1cc(CC)nn1C)NCC. The maximum Gasteiger partial charge on any atom is 0.0624 e. The smallest absolute Gasteiger partial charge is 0.0624 e. The highest BCUT2D eigenvalue weighted by atomic mass is 15.3. The van der Waals surface area contributed by atoms with Crippen LogP contribution in [0, 0.1) is 0 Å². The molecular weight excluding hydrogens is 210 g/mol. The summed E-state index contributed by atoms with van der Waals surface area (Å²) in [7, 11) is 2.05. The van der Waals surface area contributed by atoms with E-state index in [0.717, 1.165) is 19.4 Å². The zero-order valence-electron chi connectivity index (χ0n) is 11.8. The van der Waals surface area contributed by atoms with E-state index in [1.54, 1.807) is 0 Å². The molecule has 1 rings (SSSR count). The average molecular weight is 237 g/mol. The van der Waals surface area contributed by atoms with Crippen molar-refractivity contribution in [3.05, 3.63) is 17.5 Å². The lowest BCUT2D eigenvalue weighted by Gasteiger charge is -2.17. The van der Waals surface area contributed by atoms with Crippen LogP contribution in [0.2, 0.25) is 0 Å². The van der Waals surface area contributed by atoms with Crippen molar-refractivity contribution in [3.63, 3.8) is 0 Å². The molecule has 17 heavy (non-hydrogen) atoms. The summed E-state index contributed by atoms with van der Waals surface area (Å²) < 4.78 is 2.04. The normalized spacial score (nSPS) is 12.9. The van der Waals surface area contributed by atoms with Crippen LogP contribution in [0.15, 0.2) is 6.07 Å². The fourth-order valence-electron chi connectivity index (χ4n) is 2.20. The first-order valence-electron chi connectivity index (χ1n) is 6.96. The van der Waals surface area contributed by atoms with Gasteiger partial charge in [0.1, 0.15) is 0 Å². The van der Waals surface area contributed by atoms with Crippen LogP contribution >= 0.6 is 0 Å². The molecular formula is C14H27N3. The monoisotopic (exact) mass is 237 g/mol. The largest absolute Gasteiger partial charge is 0.314 e. The highest BCUT2D eigenvalue weighted by molar-refractivity contribution is 5.11. The van der Waals surface area contributed by atoms with Crippen molar-refractivity contribution in [3.8, 4) is 0 Å². The summed E-state index contributed by atoms with van der Waals surface area (Å²) in [6, 6.07) is 2.84.